The van der Waals surface area contributed by atoms with Crippen LogP contribution in [0, 0.1) is 5.82 Å². The largest absolute Gasteiger partial charge is 0.478 e. The highest BCUT2D eigenvalue weighted by Gasteiger charge is 2.30. The zero-order valence-electron chi connectivity index (χ0n) is 13.2. The number of anilines is 1. The summed E-state index contributed by atoms with van der Waals surface area (Å²) in [5.74, 6) is -0.328. The number of fused-ring (bicyclic) bond motifs is 1. The van der Waals surface area contributed by atoms with Gasteiger partial charge in [0.15, 0.2) is 6.10 Å². The lowest BCUT2D eigenvalue weighted by Crippen LogP contribution is -2.41. The molecule has 2 amide bonds. The normalized spacial score (nSPS) is 15.9. The fourth-order valence-corrected chi connectivity index (χ4v) is 2.49. The van der Waals surface area contributed by atoms with Gasteiger partial charge in [-0.2, -0.15) is 0 Å². The van der Waals surface area contributed by atoms with Crippen LogP contribution < -0.4 is 10.1 Å². The molecule has 0 bridgehead atoms. The molecular weight excluding hydrogens is 311 g/mol. The topological polar surface area (TPSA) is 58.6 Å². The van der Waals surface area contributed by atoms with Gasteiger partial charge in [-0.15, -0.1) is 0 Å². The Morgan fingerprint density at radius 1 is 1.21 bits per heavy atom. The van der Waals surface area contributed by atoms with Crippen molar-refractivity contribution >= 4 is 17.5 Å². The Morgan fingerprint density at radius 2 is 1.92 bits per heavy atom. The fourth-order valence-electron chi connectivity index (χ4n) is 2.49. The minimum atomic E-state index is -0.858. The monoisotopic (exact) mass is 328 g/mol. The number of carbonyl (C=O) groups is 2. The van der Waals surface area contributed by atoms with E-state index in [1.54, 1.807) is 43.4 Å². The highest BCUT2D eigenvalue weighted by Crippen LogP contribution is 2.29. The zero-order valence-corrected chi connectivity index (χ0v) is 13.2. The number of hydrogen-bond acceptors (Lipinski definition) is 3. The maximum Gasteiger partial charge on any atom is 0.266 e. The minimum absolute atomic E-state index is 0.0577. The molecule has 2 aromatic carbocycles. The van der Waals surface area contributed by atoms with Crippen LogP contribution >= 0.6 is 0 Å². The van der Waals surface area contributed by atoms with Crippen molar-refractivity contribution < 1.29 is 18.7 Å². The predicted molar refractivity (Wildman–Crippen MR) is 87.0 cm³/mol. The van der Waals surface area contributed by atoms with Crippen LogP contribution in [0.4, 0.5) is 10.1 Å². The smallest absolute Gasteiger partial charge is 0.266 e. The van der Waals surface area contributed by atoms with Crippen molar-refractivity contribution in [2.75, 3.05) is 12.4 Å². The quantitative estimate of drug-likeness (QED) is 0.938. The van der Waals surface area contributed by atoms with Crippen LogP contribution in [0.25, 0.3) is 0 Å². The summed E-state index contributed by atoms with van der Waals surface area (Å²) in [5.41, 5.74) is 1.41. The highest BCUT2D eigenvalue weighted by molar-refractivity contribution is 5.99. The first kappa shape index (κ1) is 16.0. The van der Waals surface area contributed by atoms with Gasteiger partial charge in [-0.25, -0.2) is 4.39 Å². The molecule has 24 heavy (non-hydrogen) atoms. The van der Waals surface area contributed by atoms with Gasteiger partial charge >= 0.3 is 0 Å². The lowest BCUT2D eigenvalue weighted by Gasteiger charge is -2.27. The summed E-state index contributed by atoms with van der Waals surface area (Å²) >= 11 is 0. The van der Waals surface area contributed by atoms with Crippen LogP contribution in [0.15, 0.2) is 48.5 Å². The minimum Gasteiger partial charge on any atom is -0.478 e. The Balaban J connectivity index is 1.62. The van der Waals surface area contributed by atoms with Gasteiger partial charge in [0, 0.05) is 13.6 Å². The fraction of sp³-hybridized carbons (Fsp3) is 0.222. The number of nitrogens with one attached hydrogen (secondary N) is 1. The van der Waals surface area contributed by atoms with Crippen molar-refractivity contribution in [2.24, 2.45) is 0 Å². The molecule has 0 saturated carbocycles. The average molecular weight is 328 g/mol. The third kappa shape index (κ3) is 3.53. The predicted octanol–water partition coefficient (Wildman–Crippen LogP) is 2.57. The van der Waals surface area contributed by atoms with E-state index in [4.69, 9.17) is 4.74 Å². The number of rotatable bonds is 4. The van der Waals surface area contributed by atoms with E-state index in [-0.39, 0.29) is 24.1 Å². The number of hydrogen-bond donors (Lipinski definition) is 1. The summed E-state index contributed by atoms with van der Waals surface area (Å²) in [6, 6.07) is 13.0. The standard InChI is InChI=1S/C18H17FN2O3/c1-21(11-12-6-8-13(19)9-7-12)17(22)10-16-18(23)20-14-4-2-3-5-15(14)24-16/h2-9,16H,10-11H2,1H3,(H,20,23). The van der Waals surface area contributed by atoms with Gasteiger partial charge in [0.25, 0.3) is 5.91 Å². The molecule has 1 unspecified atom stereocenters. The van der Waals surface area contributed by atoms with Crippen molar-refractivity contribution in [3.05, 3.63) is 59.9 Å². The molecular formula is C18H17FN2O3. The SMILES string of the molecule is CN(Cc1ccc(F)cc1)C(=O)CC1Oc2ccccc2NC1=O. The zero-order chi connectivity index (χ0) is 17.1. The van der Waals surface area contributed by atoms with Crippen molar-refractivity contribution in [1.82, 2.24) is 4.90 Å². The van der Waals surface area contributed by atoms with Crippen molar-refractivity contribution in [1.29, 1.82) is 0 Å². The summed E-state index contributed by atoms with van der Waals surface area (Å²) in [6.07, 6.45) is -0.916. The second-order valence-corrected chi connectivity index (χ2v) is 5.67. The molecule has 0 fully saturated rings. The van der Waals surface area contributed by atoms with E-state index >= 15 is 0 Å². The molecule has 0 saturated heterocycles. The van der Waals surface area contributed by atoms with E-state index in [1.165, 1.54) is 17.0 Å². The molecule has 1 N–H and O–H groups in total. The maximum absolute atomic E-state index is 12.9. The molecule has 0 aromatic heterocycles. The molecule has 0 aliphatic carbocycles. The third-order valence-electron chi connectivity index (χ3n) is 3.83. The van der Waals surface area contributed by atoms with E-state index in [2.05, 4.69) is 5.32 Å². The van der Waals surface area contributed by atoms with E-state index in [9.17, 15) is 14.0 Å². The highest BCUT2D eigenvalue weighted by atomic mass is 19.1. The average Bonchev–Trinajstić information content (AvgIpc) is 2.57. The Bertz CT molecular complexity index is 761. The lowest BCUT2D eigenvalue weighted by atomic mass is 10.1. The molecule has 1 atom stereocenters. The lowest BCUT2D eigenvalue weighted by molar-refractivity contribution is -0.136. The van der Waals surface area contributed by atoms with Crippen LogP contribution in [-0.2, 0) is 16.1 Å². The van der Waals surface area contributed by atoms with Gasteiger partial charge in [0.05, 0.1) is 12.1 Å². The first-order chi connectivity index (χ1) is 11.5. The summed E-state index contributed by atoms with van der Waals surface area (Å²) in [7, 11) is 1.64. The van der Waals surface area contributed by atoms with Crippen LogP contribution in [0.5, 0.6) is 5.75 Å². The summed E-state index contributed by atoms with van der Waals surface area (Å²) < 4.78 is 18.5. The molecule has 1 aliphatic rings. The maximum atomic E-state index is 12.9. The van der Waals surface area contributed by atoms with Crippen LogP contribution in [0.2, 0.25) is 0 Å². The molecule has 5 nitrogen and oxygen atoms in total. The van der Waals surface area contributed by atoms with E-state index in [1.807, 2.05) is 0 Å². The first-order valence-electron chi connectivity index (χ1n) is 7.58. The molecule has 3 rings (SSSR count). The van der Waals surface area contributed by atoms with Gasteiger partial charge in [-0.05, 0) is 29.8 Å². The Kier molecular flexibility index (Phi) is 4.46. The van der Waals surface area contributed by atoms with Crippen LogP contribution in [-0.4, -0.2) is 29.9 Å². The molecule has 0 spiro atoms. The number of benzene rings is 2. The number of carbonyl (C=O) groups excluding carboxylic acids is 2. The van der Waals surface area contributed by atoms with Crippen molar-refractivity contribution in [3.8, 4) is 5.75 Å². The Hall–Kier alpha value is -2.89. The number of halogens is 1. The molecule has 124 valence electrons. The van der Waals surface area contributed by atoms with Crippen molar-refractivity contribution in [3.63, 3.8) is 0 Å². The van der Waals surface area contributed by atoms with E-state index in [0.29, 0.717) is 18.0 Å². The van der Waals surface area contributed by atoms with E-state index < -0.39 is 6.10 Å². The van der Waals surface area contributed by atoms with Crippen LogP contribution in [0.3, 0.4) is 0 Å². The second-order valence-electron chi connectivity index (χ2n) is 5.67. The van der Waals surface area contributed by atoms with Crippen LogP contribution in [0.1, 0.15) is 12.0 Å². The second kappa shape index (κ2) is 6.70. The summed E-state index contributed by atoms with van der Waals surface area (Å²) in [4.78, 5) is 25.9. The molecule has 0 radical (unpaired) electrons. The van der Waals surface area contributed by atoms with Gasteiger partial charge in [-0.3, -0.25) is 9.59 Å². The number of amides is 2. The third-order valence-corrected chi connectivity index (χ3v) is 3.83. The Labute approximate surface area is 139 Å². The van der Waals surface area contributed by atoms with Gasteiger partial charge in [-0.1, -0.05) is 24.3 Å². The summed E-state index contributed by atoms with van der Waals surface area (Å²) in [5, 5.41) is 2.73. The van der Waals surface area contributed by atoms with Gasteiger partial charge in [0.2, 0.25) is 5.91 Å². The number of nitrogens with zero attached hydrogens (tertiary/aromatic N) is 1. The van der Waals surface area contributed by atoms with E-state index in [0.717, 1.165) is 5.56 Å². The first-order valence-corrected chi connectivity index (χ1v) is 7.58. The number of ether oxygens (including phenoxy) is 1. The molecule has 1 aliphatic heterocycles. The van der Waals surface area contributed by atoms with Crippen molar-refractivity contribution in [2.45, 2.75) is 19.1 Å². The number of para-hydroxylation sites is 2. The molecule has 1 heterocycles. The van der Waals surface area contributed by atoms with Gasteiger partial charge in [0.1, 0.15) is 11.6 Å². The van der Waals surface area contributed by atoms with Gasteiger partial charge < -0.3 is 15.0 Å². The molecule has 2 aromatic rings. The summed E-state index contributed by atoms with van der Waals surface area (Å²) in [6.45, 7) is 0.337. The Morgan fingerprint density at radius 3 is 2.67 bits per heavy atom. The molecule has 6 heteroatoms.